The van der Waals surface area contributed by atoms with Gasteiger partial charge in [0, 0.05) is 18.7 Å². The number of nitrogens with two attached hydrogens (primary N) is 1. The summed E-state index contributed by atoms with van der Waals surface area (Å²) in [5, 5.41) is 2.86. The van der Waals surface area contributed by atoms with Crippen LogP contribution >= 0.6 is 0 Å². The van der Waals surface area contributed by atoms with E-state index in [1.165, 1.54) is 21.9 Å². The number of carbonyl (C=O) groups is 4. The number of amides is 3. The number of hydrogen-bond donors (Lipinski definition) is 2. The number of hydrogen-bond acceptors (Lipinski definition) is 5. The van der Waals surface area contributed by atoms with Gasteiger partial charge in [-0.2, -0.15) is 0 Å². The molecule has 0 aromatic heterocycles. The molecule has 2 unspecified atom stereocenters. The van der Waals surface area contributed by atoms with Crippen LogP contribution in [-0.2, 0) is 27.3 Å². The van der Waals surface area contributed by atoms with Crippen molar-refractivity contribution < 1.29 is 23.6 Å². The molecule has 2 heterocycles. The van der Waals surface area contributed by atoms with E-state index in [1.54, 1.807) is 30.3 Å². The first kappa shape index (κ1) is 26.5. The molecule has 37 heavy (non-hydrogen) atoms. The van der Waals surface area contributed by atoms with Crippen molar-refractivity contribution in [2.75, 3.05) is 13.1 Å². The third-order valence-corrected chi connectivity index (χ3v) is 7.01. The third-order valence-electron chi connectivity index (χ3n) is 7.01. The first-order valence-corrected chi connectivity index (χ1v) is 12.6. The zero-order valence-electron chi connectivity index (χ0n) is 21.2. The zero-order valence-corrected chi connectivity index (χ0v) is 21.2. The zero-order chi connectivity index (χ0) is 26.7. The Hall–Kier alpha value is -3.59. The Morgan fingerprint density at radius 1 is 1.08 bits per heavy atom. The summed E-state index contributed by atoms with van der Waals surface area (Å²) < 4.78 is 13.6. The van der Waals surface area contributed by atoms with E-state index in [2.05, 4.69) is 5.32 Å². The quantitative estimate of drug-likeness (QED) is 0.567. The van der Waals surface area contributed by atoms with Gasteiger partial charge in [-0.05, 0) is 54.2 Å². The molecule has 3 N–H and O–H groups in total. The van der Waals surface area contributed by atoms with Crippen molar-refractivity contribution in [3.63, 3.8) is 0 Å². The van der Waals surface area contributed by atoms with Crippen LogP contribution in [0.25, 0.3) is 0 Å². The van der Waals surface area contributed by atoms with E-state index < -0.39 is 23.9 Å². The summed E-state index contributed by atoms with van der Waals surface area (Å²) in [5.41, 5.74) is 7.44. The van der Waals surface area contributed by atoms with Gasteiger partial charge >= 0.3 is 0 Å². The molecule has 2 fully saturated rings. The summed E-state index contributed by atoms with van der Waals surface area (Å²) in [6.07, 6.45) is 0.861. The lowest BCUT2D eigenvalue weighted by molar-refractivity contribution is -0.138. The number of halogens is 1. The maximum Gasteiger partial charge on any atom is 0.251 e. The summed E-state index contributed by atoms with van der Waals surface area (Å²) >= 11 is 0. The number of likely N-dealkylation sites (tertiary alicyclic amines) is 2. The molecular weight excluding hydrogens is 475 g/mol. The fourth-order valence-corrected chi connectivity index (χ4v) is 5.29. The molecule has 4 rings (SSSR count). The number of Topliss-reactive ketones (excluding diaryl/α,β-unsaturated/α-hetero) is 1. The van der Waals surface area contributed by atoms with E-state index in [-0.39, 0.29) is 42.4 Å². The number of nitrogens with zero attached hydrogens (tertiary/aromatic N) is 2. The van der Waals surface area contributed by atoms with Crippen molar-refractivity contribution in [1.29, 1.82) is 0 Å². The van der Waals surface area contributed by atoms with Crippen LogP contribution in [0.5, 0.6) is 0 Å². The first-order chi connectivity index (χ1) is 17.7. The van der Waals surface area contributed by atoms with Gasteiger partial charge < -0.3 is 20.9 Å². The first-order valence-electron chi connectivity index (χ1n) is 12.6. The molecule has 2 aromatic carbocycles. The average molecular weight is 509 g/mol. The second-order valence-corrected chi connectivity index (χ2v) is 10.2. The topological polar surface area (TPSA) is 113 Å². The number of benzene rings is 2. The molecule has 0 bridgehead atoms. The Balaban J connectivity index is 1.48. The molecule has 196 valence electrons. The number of carbonyl (C=O) groups excluding carboxylic acids is 4. The van der Waals surface area contributed by atoms with Gasteiger partial charge in [0.2, 0.25) is 11.8 Å². The Morgan fingerprint density at radius 2 is 1.81 bits per heavy atom. The summed E-state index contributed by atoms with van der Waals surface area (Å²) in [5.74, 6) is -1.48. The van der Waals surface area contributed by atoms with Gasteiger partial charge in [0.25, 0.3) is 5.91 Å². The van der Waals surface area contributed by atoms with Crippen LogP contribution in [0.3, 0.4) is 0 Å². The van der Waals surface area contributed by atoms with Crippen LogP contribution < -0.4 is 11.1 Å². The van der Waals surface area contributed by atoms with Gasteiger partial charge in [-0.1, -0.05) is 38.1 Å². The molecule has 0 spiro atoms. The highest BCUT2D eigenvalue weighted by molar-refractivity contribution is 6.01. The predicted molar refractivity (Wildman–Crippen MR) is 136 cm³/mol. The van der Waals surface area contributed by atoms with Gasteiger partial charge in [0.1, 0.15) is 17.9 Å². The van der Waals surface area contributed by atoms with Crippen molar-refractivity contribution in [3.8, 4) is 0 Å². The molecule has 0 radical (unpaired) electrons. The Labute approximate surface area is 216 Å². The van der Waals surface area contributed by atoms with Crippen LogP contribution in [-0.4, -0.2) is 64.5 Å². The summed E-state index contributed by atoms with van der Waals surface area (Å²) in [4.78, 5) is 55.7. The molecule has 8 nitrogen and oxygen atoms in total. The van der Waals surface area contributed by atoms with E-state index >= 15 is 0 Å². The van der Waals surface area contributed by atoms with Crippen LogP contribution in [0.1, 0.15) is 48.2 Å². The number of nitrogens with one attached hydrogen (secondary N) is 1. The SMILES string of the molecule is CC(C)C[C@H](NC(=O)c1cccc(CN)c1)C(=O)N1CCC2C1C(=O)CN2C(=O)Cc1cccc(F)c1. The summed E-state index contributed by atoms with van der Waals surface area (Å²) in [6.45, 7) is 4.45. The molecular formula is C28H33FN4O4. The van der Waals surface area contributed by atoms with Crippen molar-refractivity contribution in [2.45, 2.75) is 57.8 Å². The van der Waals surface area contributed by atoms with Crippen LogP contribution in [0.4, 0.5) is 4.39 Å². The Morgan fingerprint density at radius 3 is 2.51 bits per heavy atom. The minimum Gasteiger partial charge on any atom is -0.340 e. The molecule has 0 saturated carbocycles. The highest BCUT2D eigenvalue weighted by Gasteiger charge is 2.52. The molecule has 9 heteroatoms. The van der Waals surface area contributed by atoms with E-state index in [0.29, 0.717) is 37.1 Å². The van der Waals surface area contributed by atoms with E-state index in [9.17, 15) is 23.6 Å². The van der Waals surface area contributed by atoms with Crippen molar-refractivity contribution >= 4 is 23.5 Å². The second-order valence-electron chi connectivity index (χ2n) is 10.2. The Bertz CT molecular complexity index is 1200. The fraction of sp³-hybridized carbons (Fsp3) is 0.429. The van der Waals surface area contributed by atoms with E-state index in [0.717, 1.165) is 5.56 Å². The maximum absolute atomic E-state index is 13.7. The van der Waals surface area contributed by atoms with Gasteiger partial charge in [0.15, 0.2) is 5.78 Å². The predicted octanol–water partition coefficient (Wildman–Crippen LogP) is 2.05. The number of fused-ring (bicyclic) bond motifs is 1. The van der Waals surface area contributed by atoms with Crippen molar-refractivity contribution in [2.24, 2.45) is 11.7 Å². The molecule has 2 aliphatic rings. The summed E-state index contributed by atoms with van der Waals surface area (Å²) in [6, 6.07) is 10.8. The number of ketones is 1. The minimum atomic E-state index is -0.808. The molecule has 3 amide bonds. The van der Waals surface area contributed by atoms with Crippen molar-refractivity contribution in [1.82, 2.24) is 15.1 Å². The van der Waals surface area contributed by atoms with E-state index in [1.807, 2.05) is 19.9 Å². The van der Waals surface area contributed by atoms with Gasteiger partial charge in [-0.3, -0.25) is 19.2 Å². The van der Waals surface area contributed by atoms with Gasteiger partial charge in [-0.15, -0.1) is 0 Å². The lowest BCUT2D eigenvalue weighted by Gasteiger charge is -2.29. The molecule has 3 atom stereocenters. The van der Waals surface area contributed by atoms with Crippen LogP contribution in [0.2, 0.25) is 0 Å². The van der Waals surface area contributed by atoms with E-state index in [4.69, 9.17) is 5.73 Å². The average Bonchev–Trinajstić information content (AvgIpc) is 3.44. The van der Waals surface area contributed by atoms with Gasteiger partial charge in [0.05, 0.1) is 19.0 Å². The molecule has 2 aromatic rings. The normalized spacial score (nSPS) is 19.8. The van der Waals surface area contributed by atoms with Crippen LogP contribution in [0, 0.1) is 11.7 Å². The van der Waals surface area contributed by atoms with Gasteiger partial charge in [-0.25, -0.2) is 4.39 Å². The summed E-state index contributed by atoms with van der Waals surface area (Å²) in [7, 11) is 0. The molecule has 0 aliphatic carbocycles. The van der Waals surface area contributed by atoms with Crippen molar-refractivity contribution in [3.05, 3.63) is 71.0 Å². The highest BCUT2D eigenvalue weighted by atomic mass is 19.1. The largest absolute Gasteiger partial charge is 0.340 e. The fourth-order valence-electron chi connectivity index (χ4n) is 5.29. The molecule has 2 aliphatic heterocycles. The van der Waals surface area contributed by atoms with Crippen LogP contribution in [0.15, 0.2) is 48.5 Å². The lowest BCUT2D eigenvalue weighted by Crippen LogP contribution is -2.53. The highest BCUT2D eigenvalue weighted by Crippen LogP contribution is 2.31. The minimum absolute atomic E-state index is 0.0178. The standard InChI is InChI=1S/C28H33FN4O4/c1-17(2)11-22(31-27(36)20-7-3-6-19(12-20)15-30)28(37)32-10-9-23-26(32)24(34)16-33(23)25(35)14-18-5-4-8-21(29)13-18/h3-8,12-13,17,22-23,26H,9-11,14-16,30H2,1-2H3,(H,31,36)/t22-,23?,26?/m0/s1. The Kier molecular flexibility index (Phi) is 8.02. The lowest BCUT2D eigenvalue weighted by atomic mass is 10.0. The number of rotatable bonds is 8. The smallest absolute Gasteiger partial charge is 0.251 e. The second kappa shape index (κ2) is 11.2. The molecule has 2 saturated heterocycles. The third kappa shape index (κ3) is 5.88. The maximum atomic E-state index is 13.7. The monoisotopic (exact) mass is 508 g/mol.